The Morgan fingerprint density at radius 1 is 1.90 bits per heavy atom. The van der Waals surface area contributed by atoms with Crippen molar-refractivity contribution in [1.82, 2.24) is 5.48 Å². The van der Waals surface area contributed by atoms with E-state index in [2.05, 4.69) is 21.4 Å². The van der Waals surface area contributed by atoms with Crippen molar-refractivity contribution < 1.29 is 19.1 Å². The molecule has 0 aliphatic rings. The molecule has 0 aliphatic carbocycles. The first-order valence-electron chi connectivity index (χ1n) is 2.55. The third-order valence-corrected chi connectivity index (χ3v) is 1.36. The number of hydrogen-bond acceptors (Lipinski definition) is 5. The van der Waals surface area contributed by atoms with E-state index in [9.17, 15) is 4.57 Å². The van der Waals surface area contributed by atoms with Crippen LogP contribution >= 0.6 is 7.60 Å². The zero-order valence-corrected chi connectivity index (χ0v) is 6.51. The Morgan fingerprint density at radius 3 is 2.90 bits per heavy atom. The first kappa shape index (κ1) is 9.81. The zero-order chi connectivity index (χ0) is 8.04. The maximum Gasteiger partial charge on any atom is 0.370 e. The third kappa shape index (κ3) is 4.67. The normalized spacial score (nSPS) is 16.2. The van der Waals surface area contributed by atoms with Crippen LogP contribution in [-0.4, -0.2) is 18.5 Å². The minimum Gasteiger partial charge on any atom is -0.256 e. The molecule has 0 spiro atoms. The molecule has 2 N–H and O–H groups in total. The molecular formula is C4H10NO4P. The van der Waals surface area contributed by atoms with E-state index in [4.69, 9.17) is 5.26 Å². The van der Waals surface area contributed by atoms with Gasteiger partial charge in [0.15, 0.2) is 0 Å². The van der Waals surface area contributed by atoms with Crippen molar-refractivity contribution in [3.05, 3.63) is 12.7 Å². The lowest BCUT2D eigenvalue weighted by Crippen LogP contribution is -2.12. The monoisotopic (exact) mass is 167 g/mol. The molecule has 0 aromatic rings. The molecule has 0 rings (SSSR count). The highest BCUT2D eigenvalue weighted by atomic mass is 31.2. The van der Waals surface area contributed by atoms with Crippen LogP contribution in [0.2, 0.25) is 0 Å². The summed E-state index contributed by atoms with van der Waals surface area (Å²) in [4.78, 5) is 0. The van der Waals surface area contributed by atoms with Gasteiger partial charge in [-0.1, -0.05) is 6.08 Å². The second kappa shape index (κ2) is 4.60. The molecule has 60 valence electrons. The average Bonchev–Trinajstić information content (AvgIpc) is 1.89. The second-order valence-corrected chi connectivity index (χ2v) is 3.47. The SMILES string of the molecule is C=CCNOP(C)(=O)OO. The smallest absolute Gasteiger partial charge is 0.256 e. The summed E-state index contributed by atoms with van der Waals surface area (Å²) < 4.78 is 18.6. The first-order chi connectivity index (χ1) is 4.62. The maximum absolute atomic E-state index is 10.7. The summed E-state index contributed by atoms with van der Waals surface area (Å²) in [7, 11) is -3.31. The van der Waals surface area contributed by atoms with Crippen LogP contribution in [0, 0.1) is 0 Å². The fraction of sp³-hybridized carbons (Fsp3) is 0.500. The van der Waals surface area contributed by atoms with Crippen LogP contribution in [0.5, 0.6) is 0 Å². The highest BCUT2D eigenvalue weighted by Crippen LogP contribution is 2.40. The molecule has 1 unspecified atom stereocenters. The molecule has 6 heteroatoms. The summed E-state index contributed by atoms with van der Waals surface area (Å²) in [6.07, 6.45) is 1.51. The average molecular weight is 167 g/mol. The Morgan fingerprint density at radius 2 is 2.50 bits per heavy atom. The zero-order valence-electron chi connectivity index (χ0n) is 5.61. The highest BCUT2D eigenvalue weighted by Gasteiger charge is 2.15. The summed E-state index contributed by atoms with van der Waals surface area (Å²) >= 11 is 0. The van der Waals surface area contributed by atoms with Crippen molar-refractivity contribution in [1.29, 1.82) is 0 Å². The Kier molecular flexibility index (Phi) is 4.51. The summed E-state index contributed by atoms with van der Waals surface area (Å²) in [5.74, 6) is 0. The van der Waals surface area contributed by atoms with Crippen molar-refractivity contribution in [2.45, 2.75) is 0 Å². The third-order valence-electron chi connectivity index (χ3n) is 0.606. The van der Waals surface area contributed by atoms with E-state index in [1.165, 1.54) is 6.08 Å². The maximum atomic E-state index is 10.7. The summed E-state index contributed by atoms with van der Waals surface area (Å²) in [6, 6.07) is 0. The van der Waals surface area contributed by atoms with Gasteiger partial charge in [-0.25, -0.2) is 9.88 Å². The van der Waals surface area contributed by atoms with E-state index in [-0.39, 0.29) is 0 Å². The van der Waals surface area contributed by atoms with Crippen LogP contribution in [0.3, 0.4) is 0 Å². The molecule has 0 saturated heterocycles. The number of hydroxylamine groups is 1. The molecule has 0 bridgehead atoms. The van der Waals surface area contributed by atoms with Gasteiger partial charge in [0, 0.05) is 13.2 Å². The van der Waals surface area contributed by atoms with Crippen molar-refractivity contribution >= 4 is 7.60 Å². The Balaban J connectivity index is 3.47. The van der Waals surface area contributed by atoms with Crippen molar-refractivity contribution in [2.75, 3.05) is 13.2 Å². The topological polar surface area (TPSA) is 67.8 Å². The van der Waals surface area contributed by atoms with Gasteiger partial charge in [-0.15, -0.1) is 6.58 Å². The standard InChI is InChI=1S/C4H10NO4P/c1-3-4-5-8-10(2,7)9-6/h3,5-6H,1,4H2,2H3. The van der Waals surface area contributed by atoms with Gasteiger partial charge in [0.25, 0.3) is 0 Å². The first-order valence-corrected chi connectivity index (χ1v) is 4.54. The Bertz CT molecular complexity index is 148. The molecule has 0 aromatic carbocycles. The molecule has 0 saturated carbocycles. The number of hydrogen-bond donors (Lipinski definition) is 2. The van der Waals surface area contributed by atoms with Gasteiger partial charge < -0.3 is 0 Å². The van der Waals surface area contributed by atoms with Crippen LogP contribution in [0.15, 0.2) is 12.7 Å². The van der Waals surface area contributed by atoms with Gasteiger partial charge in [0.05, 0.1) is 0 Å². The van der Waals surface area contributed by atoms with Gasteiger partial charge in [-0.05, 0) is 0 Å². The molecule has 0 radical (unpaired) electrons. The van der Waals surface area contributed by atoms with Crippen LogP contribution in [0.25, 0.3) is 0 Å². The number of nitrogens with one attached hydrogen (secondary N) is 1. The van der Waals surface area contributed by atoms with Crippen molar-refractivity contribution in [2.24, 2.45) is 0 Å². The van der Waals surface area contributed by atoms with Gasteiger partial charge in [0.2, 0.25) is 0 Å². The van der Waals surface area contributed by atoms with Gasteiger partial charge >= 0.3 is 7.60 Å². The minimum absolute atomic E-state index is 0.335. The Labute approximate surface area is 59.1 Å². The summed E-state index contributed by atoms with van der Waals surface area (Å²) in [5.41, 5.74) is 2.26. The lowest BCUT2D eigenvalue weighted by Gasteiger charge is -2.07. The molecule has 0 aliphatic heterocycles. The molecule has 0 aromatic heterocycles. The molecule has 5 nitrogen and oxygen atoms in total. The van der Waals surface area contributed by atoms with Gasteiger partial charge in [0.1, 0.15) is 0 Å². The van der Waals surface area contributed by atoms with Crippen molar-refractivity contribution in [3.63, 3.8) is 0 Å². The van der Waals surface area contributed by atoms with Crippen molar-refractivity contribution in [3.8, 4) is 0 Å². The van der Waals surface area contributed by atoms with Crippen LogP contribution < -0.4 is 5.48 Å². The van der Waals surface area contributed by atoms with E-state index in [1.54, 1.807) is 0 Å². The van der Waals surface area contributed by atoms with E-state index in [1.807, 2.05) is 0 Å². The van der Waals surface area contributed by atoms with Crippen LogP contribution in [0.4, 0.5) is 0 Å². The minimum atomic E-state index is -3.31. The van der Waals surface area contributed by atoms with E-state index < -0.39 is 7.60 Å². The van der Waals surface area contributed by atoms with E-state index in [0.29, 0.717) is 6.54 Å². The highest BCUT2D eigenvalue weighted by molar-refractivity contribution is 7.52. The molecule has 10 heavy (non-hydrogen) atoms. The van der Waals surface area contributed by atoms with Crippen LogP contribution in [-0.2, 0) is 13.9 Å². The largest absolute Gasteiger partial charge is 0.370 e. The number of rotatable bonds is 5. The quantitative estimate of drug-likeness (QED) is 0.210. The fourth-order valence-corrected chi connectivity index (χ4v) is 0.572. The van der Waals surface area contributed by atoms with Gasteiger partial charge in [-0.2, -0.15) is 10.2 Å². The lowest BCUT2D eigenvalue weighted by atomic mass is 10.7. The molecular weight excluding hydrogens is 157 g/mol. The van der Waals surface area contributed by atoms with E-state index >= 15 is 0 Å². The van der Waals surface area contributed by atoms with Crippen LogP contribution in [0.1, 0.15) is 0 Å². The summed E-state index contributed by atoms with van der Waals surface area (Å²) in [6.45, 7) is 4.83. The molecule has 0 amide bonds. The lowest BCUT2D eigenvalue weighted by molar-refractivity contribution is -0.151. The molecule has 1 atom stereocenters. The molecule has 0 fully saturated rings. The Hall–Kier alpha value is -0.190. The molecule has 0 heterocycles. The fourth-order valence-electron chi connectivity index (χ4n) is 0.230. The van der Waals surface area contributed by atoms with E-state index in [0.717, 1.165) is 6.66 Å². The predicted molar refractivity (Wildman–Crippen MR) is 36.5 cm³/mol. The predicted octanol–water partition coefficient (Wildman–Crippen LogP) is 1.01. The summed E-state index contributed by atoms with van der Waals surface area (Å²) in [5, 5.41) is 7.94. The van der Waals surface area contributed by atoms with Gasteiger partial charge in [-0.3, -0.25) is 4.57 Å². The second-order valence-electron chi connectivity index (χ2n) is 1.58.